The Kier molecular flexibility index (Phi) is 4.78. The fourth-order valence-corrected chi connectivity index (χ4v) is 7.74. The number of benzene rings is 8. The molecule has 1 aromatic heterocycles. The first kappa shape index (κ1) is 23.7. The Morgan fingerprint density at radius 1 is 0.318 bits per heavy atom. The molecule has 0 radical (unpaired) electrons. The summed E-state index contributed by atoms with van der Waals surface area (Å²) < 4.78 is 0. The van der Waals surface area contributed by atoms with Gasteiger partial charge in [0.05, 0.1) is 5.69 Å². The van der Waals surface area contributed by atoms with Gasteiger partial charge in [-0.2, -0.15) is 0 Å². The van der Waals surface area contributed by atoms with Crippen molar-refractivity contribution in [3.05, 3.63) is 152 Å². The van der Waals surface area contributed by atoms with Crippen LogP contribution >= 0.6 is 0 Å². The Morgan fingerprint density at radius 2 is 0.818 bits per heavy atom. The zero-order chi connectivity index (χ0) is 28.8. The molecule has 0 saturated heterocycles. The summed E-state index contributed by atoms with van der Waals surface area (Å²) in [6.07, 6.45) is 1.87. The second-order valence-corrected chi connectivity index (χ2v) is 11.9. The first-order valence-corrected chi connectivity index (χ1v) is 15.2. The Morgan fingerprint density at radius 3 is 1.43 bits per heavy atom. The molecule has 1 heteroatoms. The van der Waals surface area contributed by atoms with E-state index in [0.717, 1.165) is 11.3 Å². The smallest absolute Gasteiger partial charge is 0.0708 e. The summed E-state index contributed by atoms with van der Waals surface area (Å²) in [6.45, 7) is 0. The van der Waals surface area contributed by atoms with Gasteiger partial charge in [0.2, 0.25) is 0 Å². The summed E-state index contributed by atoms with van der Waals surface area (Å²) in [5, 5.41) is 18.1. The molecule has 1 nitrogen and oxygen atoms in total. The largest absolute Gasteiger partial charge is 0.256 e. The average Bonchev–Trinajstić information content (AvgIpc) is 3.09. The van der Waals surface area contributed by atoms with Crippen LogP contribution in [0.2, 0.25) is 0 Å². The van der Waals surface area contributed by atoms with Crippen LogP contribution in [0.5, 0.6) is 0 Å². The molecule has 0 amide bonds. The number of rotatable bonds is 2. The summed E-state index contributed by atoms with van der Waals surface area (Å²) in [6, 6.07) is 53.7. The fraction of sp³-hybridized carbons (Fsp3) is 0. The molecule has 0 aliphatic carbocycles. The molecular weight excluding hydrogens is 530 g/mol. The van der Waals surface area contributed by atoms with Crippen molar-refractivity contribution >= 4 is 75.4 Å². The molecule has 10 aromatic rings. The standard InChI is InChI=1S/C43H25N/c1-2-12-33-32(11-1)31(21-22-34(33)39-16-3-4-23-44-39)30-24-29-20-19-28-9-6-14-36-35-13-5-8-26-17-18-27-10-7-15-37(42(27)40(26)35)38(25-30)43(29)41(28)36/h1-25H. The van der Waals surface area contributed by atoms with Crippen molar-refractivity contribution < 1.29 is 0 Å². The highest BCUT2D eigenvalue weighted by molar-refractivity contribution is 6.37. The highest BCUT2D eigenvalue weighted by atomic mass is 14.7. The van der Waals surface area contributed by atoms with Crippen molar-refractivity contribution in [1.82, 2.24) is 4.98 Å². The fourth-order valence-electron chi connectivity index (χ4n) is 7.74. The minimum atomic E-state index is 0.994. The van der Waals surface area contributed by atoms with E-state index in [1.807, 2.05) is 12.3 Å². The van der Waals surface area contributed by atoms with Crippen molar-refractivity contribution in [1.29, 1.82) is 0 Å². The van der Waals surface area contributed by atoms with Gasteiger partial charge in [-0.1, -0.05) is 121 Å². The van der Waals surface area contributed by atoms with Gasteiger partial charge in [0.15, 0.2) is 0 Å². The molecule has 0 bridgehead atoms. The van der Waals surface area contributed by atoms with Crippen LogP contribution in [-0.4, -0.2) is 4.98 Å². The van der Waals surface area contributed by atoms with Crippen molar-refractivity contribution in [2.75, 3.05) is 0 Å². The van der Waals surface area contributed by atoms with Crippen LogP contribution in [0, 0.1) is 0 Å². The van der Waals surface area contributed by atoms with Crippen LogP contribution in [0.1, 0.15) is 0 Å². The van der Waals surface area contributed by atoms with E-state index in [2.05, 4.69) is 145 Å². The molecule has 0 aliphatic rings. The Hall–Kier alpha value is -5.79. The van der Waals surface area contributed by atoms with Crippen molar-refractivity contribution in [3.63, 3.8) is 0 Å². The van der Waals surface area contributed by atoms with Crippen molar-refractivity contribution in [2.24, 2.45) is 0 Å². The third-order valence-corrected chi connectivity index (χ3v) is 9.60. The van der Waals surface area contributed by atoms with E-state index in [4.69, 9.17) is 0 Å². The van der Waals surface area contributed by atoms with E-state index in [0.29, 0.717) is 0 Å². The van der Waals surface area contributed by atoms with E-state index in [1.165, 1.54) is 86.5 Å². The summed E-state index contributed by atoms with van der Waals surface area (Å²) in [5.74, 6) is 0. The third kappa shape index (κ3) is 3.21. The Labute approximate surface area is 254 Å². The lowest BCUT2D eigenvalue weighted by Gasteiger charge is -2.18. The first-order valence-electron chi connectivity index (χ1n) is 15.2. The third-order valence-electron chi connectivity index (χ3n) is 9.60. The predicted molar refractivity (Wildman–Crippen MR) is 189 cm³/mol. The van der Waals surface area contributed by atoms with Gasteiger partial charge >= 0.3 is 0 Å². The van der Waals surface area contributed by atoms with E-state index in [-0.39, 0.29) is 0 Å². The Balaban J connectivity index is 1.42. The molecule has 202 valence electrons. The SMILES string of the molecule is c1ccc(-c2ccc(-c3cc4ccc5cccc6c7cccc8ccc9cccc(c(c3)c4c56)c9c87)c3ccccc23)nc1. The number of aromatic nitrogens is 1. The highest BCUT2D eigenvalue weighted by Crippen LogP contribution is 2.45. The summed E-state index contributed by atoms with van der Waals surface area (Å²) >= 11 is 0. The molecular formula is C43H25N. The van der Waals surface area contributed by atoms with Crippen LogP contribution in [-0.2, 0) is 0 Å². The van der Waals surface area contributed by atoms with E-state index < -0.39 is 0 Å². The number of fused-ring (bicyclic) bond motifs is 3. The van der Waals surface area contributed by atoms with Crippen LogP contribution in [0.4, 0.5) is 0 Å². The van der Waals surface area contributed by atoms with E-state index in [9.17, 15) is 0 Å². The van der Waals surface area contributed by atoms with Gasteiger partial charge in [-0.15, -0.1) is 0 Å². The van der Waals surface area contributed by atoms with Gasteiger partial charge < -0.3 is 0 Å². The molecule has 9 aromatic carbocycles. The quantitative estimate of drug-likeness (QED) is 0.193. The van der Waals surface area contributed by atoms with E-state index >= 15 is 0 Å². The molecule has 0 atom stereocenters. The van der Waals surface area contributed by atoms with Crippen molar-refractivity contribution in [2.45, 2.75) is 0 Å². The van der Waals surface area contributed by atoms with Gasteiger partial charge in [-0.3, -0.25) is 4.98 Å². The summed E-state index contributed by atoms with van der Waals surface area (Å²) in [4.78, 5) is 4.68. The van der Waals surface area contributed by atoms with Crippen LogP contribution < -0.4 is 0 Å². The molecule has 0 aliphatic heterocycles. The molecule has 0 saturated carbocycles. The maximum Gasteiger partial charge on any atom is 0.0708 e. The zero-order valence-electron chi connectivity index (χ0n) is 23.9. The van der Waals surface area contributed by atoms with Gasteiger partial charge in [-0.05, 0) is 111 Å². The minimum absolute atomic E-state index is 0.994. The predicted octanol–water partition coefficient (Wildman–Crippen LogP) is 11.9. The molecule has 0 spiro atoms. The van der Waals surface area contributed by atoms with Gasteiger partial charge in [0, 0.05) is 11.8 Å². The van der Waals surface area contributed by atoms with E-state index in [1.54, 1.807) is 0 Å². The molecule has 44 heavy (non-hydrogen) atoms. The second kappa shape index (κ2) is 8.86. The summed E-state index contributed by atoms with van der Waals surface area (Å²) in [5.41, 5.74) is 4.61. The van der Waals surface area contributed by atoms with Crippen LogP contribution in [0.3, 0.4) is 0 Å². The Bertz CT molecular complexity index is 2750. The second-order valence-electron chi connectivity index (χ2n) is 11.9. The summed E-state index contributed by atoms with van der Waals surface area (Å²) in [7, 11) is 0. The topological polar surface area (TPSA) is 12.9 Å². The average molecular weight is 556 g/mol. The lowest BCUT2D eigenvalue weighted by molar-refractivity contribution is 1.33. The first-order chi connectivity index (χ1) is 21.8. The van der Waals surface area contributed by atoms with Crippen LogP contribution in [0.15, 0.2) is 152 Å². The lowest BCUT2D eigenvalue weighted by Crippen LogP contribution is -1.90. The minimum Gasteiger partial charge on any atom is -0.256 e. The number of pyridine rings is 1. The highest BCUT2D eigenvalue weighted by Gasteiger charge is 2.17. The molecule has 10 rings (SSSR count). The van der Waals surface area contributed by atoms with Gasteiger partial charge in [0.25, 0.3) is 0 Å². The lowest BCUT2D eigenvalue weighted by atomic mass is 9.86. The normalized spacial score (nSPS) is 12.1. The number of nitrogens with zero attached hydrogens (tertiary/aromatic N) is 1. The zero-order valence-corrected chi connectivity index (χ0v) is 23.9. The number of hydrogen-bond donors (Lipinski definition) is 0. The van der Waals surface area contributed by atoms with Crippen LogP contribution in [0.25, 0.3) is 97.8 Å². The molecule has 0 N–H and O–H groups in total. The number of hydrogen-bond acceptors (Lipinski definition) is 1. The maximum atomic E-state index is 4.68. The van der Waals surface area contributed by atoms with Crippen molar-refractivity contribution in [3.8, 4) is 22.4 Å². The monoisotopic (exact) mass is 555 g/mol. The van der Waals surface area contributed by atoms with Gasteiger partial charge in [-0.25, -0.2) is 0 Å². The molecule has 0 unspecified atom stereocenters. The molecule has 1 heterocycles. The molecule has 0 fully saturated rings. The maximum absolute atomic E-state index is 4.68. The van der Waals surface area contributed by atoms with Gasteiger partial charge in [0.1, 0.15) is 0 Å².